The van der Waals surface area contributed by atoms with E-state index >= 15 is 0 Å². The van der Waals surface area contributed by atoms with Crippen molar-refractivity contribution in [1.82, 2.24) is 4.57 Å². The molecular formula is C31H28N2O7S. The van der Waals surface area contributed by atoms with Gasteiger partial charge < -0.3 is 18.6 Å². The second-order valence-electron chi connectivity index (χ2n) is 9.25. The van der Waals surface area contributed by atoms with Gasteiger partial charge in [0.2, 0.25) is 0 Å². The molecule has 5 rings (SSSR count). The number of hydrogen-bond donors (Lipinski definition) is 0. The minimum absolute atomic E-state index is 0.0155. The number of nitrogens with zero attached hydrogens (tertiary/aromatic N) is 2. The van der Waals surface area contributed by atoms with E-state index in [0.717, 1.165) is 5.56 Å². The Kier molecular flexibility index (Phi) is 7.76. The molecule has 10 heteroatoms. The number of benzene rings is 2. The van der Waals surface area contributed by atoms with Gasteiger partial charge in [0.25, 0.3) is 5.56 Å². The van der Waals surface area contributed by atoms with Gasteiger partial charge >= 0.3 is 5.97 Å². The van der Waals surface area contributed by atoms with Crippen LogP contribution in [-0.2, 0) is 9.53 Å². The van der Waals surface area contributed by atoms with E-state index in [1.54, 1.807) is 69.5 Å². The second-order valence-corrected chi connectivity index (χ2v) is 10.3. The third kappa shape index (κ3) is 5.26. The fraction of sp³-hybridized carbons (Fsp3) is 0.226. The van der Waals surface area contributed by atoms with Crippen molar-refractivity contribution in [2.75, 3.05) is 20.8 Å². The summed E-state index contributed by atoms with van der Waals surface area (Å²) in [5, 5.41) is 0. The van der Waals surface area contributed by atoms with Crippen LogP contribution in [-0.4, -0.2) is 37.1 Å². The van der Waals surface area contributed by atoms with Crippen molar-refractivity contribution in [3.8, 4) is 22.8 Å². The average molecular weight is 573 g/mol. The number of carbonyl (C=O) groups is 2. The molecule has 0 amide bonds. The maximum absolute atomic E-state index is 13.9. The van der Waals surface area contributed by atoms with Crippen molar-refractivity contribution in [3.63, 3.8) is 0 Å². The number of carbonyl (C=O) groups excluding carboxylic acids is 2. The van der Waals surface area contributed by atoms with Crippen LogP contribution in [0.25, 0.3) is 17.4 Å². The van der Waals surface area contributed by atoms with Crippen molar-refractivity contribution >= 4 is 29.2 Å². The van der Waals surface area contributed by atoms with Gasteiger partial charge in [-0.25, -0.2) is 9.79 Å². The Labute approximate surface area is 239 Å². The number of ether oxygens (including phenoxy) is 3. The molecule has 0 bridgehead atoms. The summed E-state index contributed by atoms with van der Waals surface area (Å²) in [6.07, 6.45) is 1.65. The highest BCUT2D eigenvalue weighted by atomic mass is 32.1. The Bertz CT molecular complexity index is 1860. The van der Waals surface area contributed by atoms with Crippen LogP contribution in [0.1, 0.15) is 48.5 Å². The summed E-state index contributed by atoms with van der Waals surface area (Å²) in [5.74, 6) is 1.51. The minimum Gasteiger partial charge on any atom is -0.497 e. The summed E-state index contributed by atoms with van der Waals surface area (Å²) >= 11 is 1.19. The van der Waals surface area contributed by atoms with E-state index in [0.29, 0.717) is 49.2 Å². The zero-order chi connectivity index (χ0) is 29.3. The van der Waals surface area contributed by atoms with Crippen LogP contribution in [0, 0.1) is 0 Å². The molecule has 0 radical (unpaired) electrons. The average Bonchev–Trinajstić information content (AvgIpc) is 3.56. The first-order valence-electron chi connectivity index (χ1n) is 12.9. The van der Waals surface area contributed by atoms with Crippen LogP contribution in [0.2, 0.25) is 0 Å². The summed E-state index contributed by atoms with van der Waals surface area (Å²) < 4.78 is 24.3. The standard InChI is InChI=1S/C31H28N2O7S/c1-6-39-30(36)27-17(2)32-31-33(28(27)23-15-21(37-4)11-14-25(23)38-5)29(35)26(41-31)16-22-12-13-24(40-22)20-9-7-19(8-10-20)18(3)34/h7-16,28H,6H2,1-5H3/b26-16-/t28-/m0/s1. The summed E-state index contributed by atoms with van der Waals surface area (Å²) in [6.45, 7) is 5.13. The van der Waals surface area contributed by atoms with Crippen LogP contribution in [0.15, 0.2) is 80.1 Å². The number of ketones is 1. The molecule has 0 aliphatic carbocycles. The topological polar surface area (TPSA) is 109 Å². The number of methoxy groups -OCH3 is 2. The number of Topliss-reactive ketones (excluding diaryl/α,β-unsaturated/α-hetero) is 1. The van der Waals surface area contributed by atoms with Crippen molar-refractivity contribution in [2.24, 2.45) is 4.99 Å². The number of rotatable bonds is 8. The molecule has 4 aromatic rings. The van der Waals surface area contributed by atoms with Crippen molar-refractivity contribution in [2.45, 2.75) is 26.8 Å². The third-order valence-electron chi connectivity index (χ3n) is 6.72. The molecule has 0 saturated carbocycles. The summed E-state index contributed by atoms with van der Waals surface area (Å²) in [4.78, 5) is 43.8. The molecule has 3 heterocycles. The molecule has 0 spiro atoms. The van der Waals surface area contributed by atoms with Gasteiger partial charge in [0.15, 0.2) is 10.6 Å². The first-order chi connectivity index (χ1) is 19.7. The van der Waals surface area contributed by atoms with Crippen molar-refractivity contribution in [1.29, 1.82) is 0 Å². The number of allylic oxidation sites excluding steroid dienone is 1. The van der Waals surface area contributed by atoms with E-state index in [9.17, 15) is 14.4 Å². The molecule has 1 aliphatic rings. The van der Waals surface area contributed by atoms with Gasteiger partial charge in [-0.3, -0.25) is 14.2 Å². The highest BCUT2D eigenvalue weighted by Crippen LogP contribution is 2.37. The summed E-state index contributed by atoms with van der Waals surface area (Å²) in [6, 6.07) is 15.1. The maximum atomic E-state index is 13.9. The number of furan rings is 1. The van der Waals surface area contributed by atoms with Crippen molar-refractivity contribution < 1.29 is 28.2 Å². The van der Waals surface area contributed by atoms with Gasteiger partial charge in [0.05, 0.1) is 36.6 Å². The SMILES string of the molecule is CCOC(=O)C1=C(C)N=c2s/c(=C\c3ccc(-c4ccc(C(C)=O)cc4)o3)c(=O)n2[C@H]1c1cc(OC)ccc1OC. The first kappa shape index (κ1) is 27.9. The van der Waals surface area contributed by atoms with E-state index in [4.69, 9.17) is 18.6 Å². The number of aromatic nitrogens is 1. The summed E-state index contributed by atoms with van der Waals surface area (Å²) in [5.41, 5.74) is 2.32. The molecule has 0 saturated heterocycles. The minimum atomic E-state index is -0.857. The predicted molar refractivity (Wildman–Crippen MR) is 154 cm³/mol. The lowest BCUT2D eigenvalue weighted by Gasteiger charge is -2.26. The van der Waals surface area contributed by atoms with Crippen LogP contribution < -0.4 is 24.4 Å². The van der Waals surface area contributed by atoms with Crippen molar-refractivity contribution in [3.05, 3.63) is 102 Å². The molecule has 0 N–H and O–H groups in total. The number of hydrogen-bond acceptors (Lipinski definition) is 9. The highest BCUT2D eigenvalue weighted by molar-refractivity contribution is 7.07. The Morgan fingerprint density at radius 3 is 2.49 bits per heavy atom. The van der Waals surface area contributed by atoms with E-state index in [1.807, 2.05) is 12.1 Å². The molecule has 41 heavy (non-hydrogen) atoms. The fourth-order valence-electron chi connectivity index (χ4n) is 4.72. The first-order valence-corrected chi connectivity index (χ1v) is 13.7. The molecule has 2 aromatic carbocycles. The molecule has 1 atom stereocenters. The Morgan fingerprint density at radius 1 is 1.07 bits per heavy atom. The molecule has 0 unspecified atom stereocenters. The number of esters is 1. The second kappa shape index (κ2) is 11.4. The van der Waals surface area contributed by atoms with E-state index < -0.39 is 12.0 Å². The molecular weight excluding hydrogens is 544 g/mol. The zero-order valence-electron chi connectivity index (χ0n) is 23.2. The third-order valence-corrected chi connectivity index (χ3v) is 7.71. The summed E-state index contributed by atoms with van der Waals surface area (Å²) in [7, 11) is 3.07. The normalized spacial score (nSPS) is 14.9. The van der Waals surface area contributed by atoms with E-state index in [2.05, 4.69) is 4.99 Å². The van der Waals surface area contributed by atoms with Crippen LogP contribution in [0.5, 0.6) is 11.5 Å². The van der Waals surface area contributed by atoms with Gasteiger partial charge in [-0.05, 0) is 51.1 Å². The molecule has 1 aliphatic heterocycles. The Hall–Kier alpha value is -4.70. The van der Waals surface area contributed by atoms with Gasteiger partial charge in [-0.2, -0.15) is 0 Å². The lowest BCUT2D eigenvalue weighted by molar-refractivity contribution is -0.139. The largest absolute Gasteiger partial charge is 0.497 e. The van der Waals surface area contributed by atoms with Gasteiger partial charge in [0.1, 0.15) is 29.1 Å². The van der Waals surface area contributed by atoms with Gasteiger partial charge in [-0.15, -0.1) is 0 Å². The quantitative estimate of drug-likeness (QED) is 0.229. The van der Waals surface area contributed by atoms with Gasteiger partial charge in [-0.1, -0.05) is 35.6 Å². The van der Waals surface area contributed by atoms with Crippen LogP contribution in [0.4, 0.5) is 0 Å². The van der Waals surface area contributed by atoms with Crippen LogP contribution in [0.3, 0.4) is 0 Å². The molecule has 2 aromatic heterocycles. The van der Waals surface area contributed by atoms with E-state index in [1.165, 1.54) is 29.9 Å². The fourth-order valence-corrected chi connectivity index (χ4v) is 5.75. The smallest absolute Gasteiger partial charge is 0.338 e. The zero-order valence-corrected chi connectivity index (χ0v) is 24.0. The lowest BCUT2D eigenvalue weighted by Crippen LogP contribution is -2.40. The Morgan fingerprint density at radius 2 is 1.83 bits per heavy atom. The predicted octanol–water partition coefficient (Wildman–Crippen LogP) is 4.28. The monoisotopic (exact) mass is 572 g/mol. The molecule has 210 valence electrons. The van der Waals surface area contributed by atoms with Gasteiger partial charge in [0, 0.05) is 22.8 Å². The highest BCUT2D eigenvalue weighted by Gasteiger charge is 2.35. The molecule has 9 nitrogen and oxygen atoms in total. The van der Waals surface area contributed by atoms with E-state index in [-0.39, 0.29) is 23.5 Å². The molecule has 0 fully saturated rings. The lowest BCUT2D eigenvalue weighted by atomic mass is 9.95. The maximum Gasteiger partial charge on any atom is 0.338 e. The number of thiazole rings is 1. The Balaban J connectivity index is 1.64. The van der Waals surface area contributed by atoms with Crippen LogP contribution >= 0.6 is 11.3 Å². The number of fused-ring (bicyclic) bond motifs is 1.